The van der Waals surface area contributed by atoms with Gasteiger partial charge in [-0.15, -0.1) is 0 Å². The normalized spacial score (nSPS) is 30.4. The van der Waals surface area contributed by atoms with E-state index in [4.69, 9.17) is 10.5 Å². The largest absolute Gasteiger partial charge is 0.375 e. The quantitative estimate of drug-likeness (QED) is 0.839. The molecule has 0 amide bonds. The van der Waals surface area contributed by atoms with Crippen molar-refractivity contribution in [3.8, 4) is 0 Å². The summed E-state index contributed by atoms with van der Waals surface area (Å²) in [4.78, 5) is 0. The predicted octanol–water partition coefficient (Wildman–Crippen LogP) is 3.34. The van der Waals surface area contributed by atoms with Crippen molar-refractivity contribution in [3.05, 3.63) is 0 Å². The Morgan fingerprint density at radius 1 is 1.35 bits per heavy atom. The van der Waals surface area contributed by atoms with Gasteiger partial charge in [0.2, 0.25) is 0 Å². The highest BCUT2D eigenvalue weighted by atomic mass is 32.2. The maximum Gasteiger partial charge on any atom is 0.0693 e. The average Bonchev–Trinajstić information content (AvgIpc) is 2.29. The van der Waals surface area contributed by atoms with Gasteiger partial charge in [-0.05, 0) is 44.8 Å². The summed E-state index contributed by atoms with van der Waals surface area (Å²) in [5, 5.41) is 0.820. The molecule has 0 aromatic heterocycles. The first kappa shape index (κ1) is 13.7. The number of thioether (sulfide) groups is 1. The zero-order valence-corrected chi connectivity index (χ0v) is 11.9. The molecule has 2 atom stereocenters. The van der Waals surface area contributed by atoms with Crippen LogP contribution < -0.4 is 5.73 Å². The van der Waals surface area contributed by atoms with Crippen molar-refractivity contribution in [1.82, 2.24) is 0 Å². The molecular weight excluding hydrogens is 230 g/mol. The standard InChI is InChI=1S/C14H27NOS/c1-12(15)6-10-17-13-5-9-16-14(11-13)7-3-2-4-8-14/h12-13H,2-11,15H2,1H3. The average molecular weight is 257 g/mol. The van der Waals surface area contributed by atoms with Crippen LogP contribution in [0.1, 0.15) is 58.3 Å². The van der Waals surface area contributed by atoms with Crippen LogP contribution in [0.25, 0.3) is 0 Å². The van der Waals surface area contributed by atoms with E-state index >= 15 is 0 Å². The highest BCUT2D eigenvalue weighted by Gasteiger charge is 2.38. The monoisotopic (exact) mass is 257 g/mol. The molecule has 17 heavy (non-hydrogen) atoms. The Morgan fingerprint density at radius 2 is 2.12 bits per heavy atom. The van der Waals surface area contributed by atoms with Crippen LogP contribution in [0.3, 0.4) is 0 Å². The van der Waals surface area contributed by atoms with Gasteiger partial charge in [-0.25, -0.2) is 0 Å². The van der Waals surface area contributed by atoms with Gasteiger partial charge in [0.05, 0.1) is 5.60 Å². The molecule has 2 N–H and O–H groups in total. The molecule has 2 nitrogen and oxygen atoms in total. The molecule has 1 heterocycles. The first-order valence-electron chi connectivity index (χ1n) is 7.21. The van der Waals surface area contributed by atoms with Crippen molar-refractivity contribution < 1.29 is 4.74 Å². The van der Waals surface area contributed by atoms with E-state index in [0.29, 0.717) is 6.04 Å². The maximum absolute atomic E-state index is 6.13. The van der Waals surface area contributed by atoms with E-state index in [2.05, 4.69) is 18.7 Å². The number of nitrogens with two attached hydrogens (primary N) is 1. The van der Waals surface area contributed by atoms with E-state index in [1.165, 1.54) is 50.7 Å². The van der Waals surface area contributed by atoms with Crippen LogP contribution in [0.15, 0.2) is 0 Å². The summed E-state index contributed by atoms with van der Waals surface area (Å²) in [7, 11) is 0. The summed E-state index contributed by atoms with van der Waals surface area (Å²) in [5.41, 5.74) is 6.07. The molecule has 100 valence electrons. The summed E-state index contributed by atoms with van der Waals surface area (Å²) in [6, 6.07) is 0.353. The second kappa shape index (κ2) is 6.44. The molecule has 1 saturated heterocycles. The fourth-order valence-corrected chi connectivity index (χ4v) is 4.62. The van der Waals surface area contributed by atoms with Gasteiger partial charge >= 0.3 is 0 Å². The zero-order valence-electron chi connectivity index (χ0n) is 11.1. The van der Waals surface area contributed by atoms with Gasteiger partial charge in [-0.1, -0.05) is 19.3 Å². The topological polar surface area (TPSA) is 35.2 Å². The van der Waals surface area contributed by atoms with Crippen molar-refractivity contribution in [2.75, 3.05) is 12.4 Å². The molecule has 3 heteroatoms. The van der Waals surface area contributed by atoms with E-state index in [-0.39, 0.29) is 5.60 Å². The van der Waals surface area contributed by atoms with Crippen LogP contribution in [0, 0.1) is 0 Å². The molecule has 0 radical (unpaired) electrons. The number of hydrogen-bond acceptors (Lipinski definition) is 3. The van der Waals surface area contributed by atoms with Gasteiger partial charge in [-0.3, -0.25) is 0 Å². The molecule has 1 aliphatic heterocycles. The lowest BCUT2D eigenvalue weighted by Gasteiger charge is -2.43. The van der Waals surface area contributed by atoms with Crippen LogP contribution >= 0.6 is 11.8 Å². The molecule has 1 aliphatic carbocycles. The molecule has 0 bridgehead atoms. The Kier molecular flexibility index (Phi) is 5.19. The minimum atomic E-state index is 0.266. The first-order valence-corrected chi connectivity index (χ1v) is 8.26. The van der Waals surface area contributed by atoms with Crippen LogP contribution in [0.5, 0.6) is 0 Å². The maximum atomic E-state index is 6.13. The SMILES string of the molecule is CC(N)CCSC1CCOC2(CCCCC2)C1. The highest BCUT2D eigenvalue weighted by molar-refractivity contribution is 7.99. The van der Waals surface area contributed by atoms with Crippen LogP contribution in [0.2, 0.25) is 0 Å². The smallest absolute Gasteiger partial charge is 0.0693 e. The van der Waals surface area contributed by atoms with Gasteiger partial charge in [0, 0.05) is 17.9 Å². The van der Waals surface area contributed by atoms with E-state index < -0.39 is 0 Å². The molecule has 2 unspecified atom stereocenters. The molecule has 1 saturated carbocycles. The van der Waals surface area contributed by atoms with Gasteiger partial charge in [0.25, 0.3) is 0 Å². The lowest BCUT2D eigenvalue weighted by atomic mass is 9.80. The molecule has 0 aromatic rings. The number of rotatable bonds is 4. The lowest BCUT2D eigenvalue weighted by molar-refractivity contribution is -0.0970. The van der Waals surface area contributed by atoms with Crippen LogP contribution in [0.4, 0.5) is 0 Å². The fraction of sp³-hybridized carbons (Fsp3) is 1.00. The van der Waals surface area contributed by atoms with Crippen molar-refractivity contribution in [1.29, 1.82) is 0 Å². The Morgan fingerprint density at radius 3 is 2.82 bits per heavy atom. The number of hydrogen-bond donors (Lipinski definition) is 1. The Balaban J connectivity index is 1.76. The second-order valence-electron chi connectivity index (χ2n) is 5.84. The fourth-order valence-electron chi connectivity index (χ4n) is 3.09. The first-order chi connectivity index (χ1) is 8.20. The van der Waals surface area contributed by atoms with Crippen LogP contribution in [-0.4, -0.2) is 29.3 Å². The third-order valence-corrected chi connectivity index (χ3v) is 5.48. The van der Waals surface area contributed by atoms with Crippen molar-refractivity contribution in [3.63, 3.8) is 0 Å². The molecule has 1 spiro atoms. The van der Waals surface area contributed by atoms with Crippen LogP contribution in [-0.2, 0) is 4.74 Å². The van der Waals surface area contributed by atoms with E-state index in [1.54, 1.807) is 0 Å². The molecular formula is C14H27NOS. The van der Waals surface area contributed by atoms with E-state index in [1.807, 2.05) is 0 Å². The van der Waals surface area contributed by atoms with E-state index in [0.717, 1.165) is 18.3 Å². The number of ether oxygens (including phenoxy) is 1. The van der Waals surface area contributed by atoms with Crippen molar-refractivity contribution in [2.24, 2.45) is 5.73 Å². The van der Waals surface area contributed by atoms with Gasteiger partial charge < -0.3 is 10.5 Å². The lowest BCUT2D eigenvalue weighted by Crippen LogP contribution is -2.42. The van der Waals surface area contributed by atoms with Gasteiger partial charge in [-0.2, -0.15) is 11.8 Å². The summed E-state index contributed by atoms with van der Waals surface area (Å²) in [5.74, 6) is 1.22. The van der Waals surface area contributed by atoms with Gasteiger partial charge in [0.1, 0.15) is 0 Å². The Labute approximate surface area is 110 Å². The summed E-state index contributed by atoms with van der Waals surface area (Å²) < 4.78 is 6.13. The summed E-state index contributed by atoms with van der Waals surface area (Å²) >= 11 is 2.13. The minimum absolute atomic E-state index is 0.266. The van der Waals surface area contributed by atoms with Crippen molar-refractivity contribution in [2.45, 2.75) is 75.2 Å². The highest BCUT2D eigenvalue weighted by Crippen LogP contribution is 2.41. The van der Waals surface area contributed by atoms with Crippen molar-refractivity contribution >= 4 is 11.8 Å². The molecule has 0 aromatic carbocycles. The Bertz CT molecular complexity index is 221. The summed E-state index contributed by atoms with van der Waals surface area (Å²) in [6.07, 6.45) is 10.4. The predicted molar refractivity (Wildman–Crippen MR) is 75.5 cm³/mol. The molecule has 2 rings (SSSR count). The summed E-state index contributed by atoms with van der Waals surface area (Å²) in [6.45, 7) is 3.09. The molecule has 2 fully saturated rings. The third kappa shape index (κ3) is 4.15. The minimum Gasteiger partial charge on any atom is -0.375 e. The van der Waals surface area contributed by atoms with Gasteiger partial charge in [0.15, 0.2) is 0 Å². The zero-order chi connectivity index (χ0) is 12.1. The molecule has 2 aliphatic rings. The van der Waals surface area contributed by atoms with E-state index in [9.17, 15) is 0 Å². The second-order valence-corrected chi connectivity index (χ2v) is 7.25. The Hall–Kier alpha value is 0.270. The third-order valence-electron chi connectivity index (χ3n) is 4.14.